The number of nitrogens with zero attached hydrogens (tertiary/aromatic N) is 5. The Balaban J connectivity index is 1.72. The predicted octanol–water partition coefficient (Wildman–Crippen LogP) is 2.24. The number of H-pyrrole nitrogens is 1. The number of aryl methyl sites for hydroxylation is 1. The third kappa shape index (κ3) is 5.07. The van der Waals surface area contributed by atoms with Gasteiger partial charge in [-0.25, -0.2) is 9.97 Å². The van der Waals surface area contributed by atoms with Crippen molar-refractivity contribution in [3.05, 3.63) is 33.9 Å². The Morgan fingerprint density at radius 1 is 1.27 bits per heavy atom. The molecule has 1 N–H and O–H groups in total. The van der Waals surface area contributed by atoms with Gasteiger partial charge in [0.1, 0.15) is 11.3 Å². The smallest absolute Gasteiger partial charge is 0.277 e. The van der Waals surface area contributed by atoms with E-state index in [2.05, 4.69) is 27.7 Å². The van der Waals surface area contributed by atoms with Crippen molar-refractivity contribution in [3.8, 4) is 29.6 Å². The highest BCUT2D eigenvalue weighted by atomic mass is 16.5. The lowest BCUT2D eigenvalue weighted by Gasteiger charge is -2.26. The number of aromatic amines is 1. The van der Waals surface area contributed by atoms with E-state index in [9.17, 15) is 4.79 Å². The number of nitrogens with one attached hydrogen (secondary N) is 1. The topological polar surface area (TPSA) is 98.2 Å². The van der Waals surface area contributed by atoms with E-state index < -0.39 is 0 Å². The Bertz CT molecular complexity index is 1200. The highest BCUT2D eigenvalue weighted by Crippen LogP contribution is 2.27. The first-order valence-electron chi connectivity index (χ1n) is 11.5. The first kappa shape index (κ1) is 23.0. The first-order valence-corrected chi connectivity index (χ1v) is 11.5. The summed E-state index contributed by atoms with van der Waals surface area (Å²) in [7, 11) is 0. The summed E-state index contributed by atoms with van der Waals surface area (Å²) in [5.74, 6) is 3.38. The Hall–Kier alpha value is -3.22. The second-order valence-electron chi connectivity index (χ2n) is 8.01. The fraction of sp³-hybridized carbons (Fsp3) is 0.500. The normalized spacial score (nSPS) is 14.5. The van der Waals surface area contributed by atoms with Gasteiger partial charge in [-0.15, -0.1) is 6.42 Å². The van der Waals surface area contributed by atoms with Gasteiger partial charge in [-0.3, -0.25) is 14.4 Å². The van der Waals surface area contributed by atoms with Crippen LogP contribution >= 0.6 is 0 Å². The van der Waals surface area contributed by atoms with Crippen LogP contribution < -0.4 is 10.3 Å². The molecule has 9 nitrogen and oxygen atoms in total. The number of pyridine rings is 1. The molecule has 1 fully saturated rings. The molecule has 0 unspecified atom stereocenters. The molecule has 0 aromatic carbocycles. The molecule has 0 radical (unpaired) electrons. The van der Waals surface area contributed by atoms with Gasteiger partial charge in [-0.2, -0.15) is 5.10 Å². The van der Waals surface area contributed by atoms with Crippen molar-refractivity contribution < 1.29 is 9.47 Å². The van der Waals surface area contributed by atoms with Crippen molar-refractivity contribution in [1.29, 1.82) is 0 Å². The van der Waals surface area contributed by atoms with Crippen molar-refractivity contribution in [1.82, 2.24) is 29.6 Å². The van der Waals surface area contributed by atoms with Crippen LogP contribution in [0, 0.1) is 12.3 Å². The van der Waals surface area contributed by atoms with E-state index in [1.165, 1.54) is 0 Å². The number of hydrogen-bond acceptors (Lipinski definition) is 7. The molecule has 0 spiro atoms. The molecule has 1 aliphatic rings. The van der Waals surface area contributed by atoms with E-state index in [1.54, 1.807) is 16.9 Å². The second kappa shape index (κ2) is 10.6. The minimum absolute atomic E-state index is 0.241. The quantitative estimate of drug-likeness (QED) is 0.394. The van der Waals surface area contributed by atoms with Crippen LogP contribution in [0.5, 0.6) is 5.88 Å². The molecule has 0 atom stereocenters. The van der Waals surface area contributed by atoms with Crippen LogP contribution in [0.4, 0.5) is 0 Å². The third-order valence-corrected chi connectivity index (χ3v) is 5.74. The van der Waals surface area contributed by atoms with E-state index in [4.69, 9.17) is 26.0 Å². The standard InChI is InChI=1S/C24H30N6O3/c1-4-7-12-33-24-18(15-17(5-2)16-25-24)22-26-20-19(6-3)28-30(21(20)23(31)27-22)9-8-29-10-13-32-14-11-29/h2,15-16H,4,6-14H2,1,3H3,(H,26,27,31). The lowest BCUT2D eigenvalue weighted by Crippen LogP contribution is -2.38. The lowest BCUT2D eigenvalue weighted by atomic mass is 10.2. The number of terminal acetylenes is 1. The molecular formula is C24H30N6O3. The van der Waals surface area contributed by atoms with E-state index in [1.807, 2.05) is 6.92 Å². The largest absolute Gasteiger partial charge is 0.477 e. The van der Waals surface area contributed by atoms with Gasteiger partial charge >= 0.3 is 0 Å². The number of aromatic nitrogens is 5. The summed E-state index contributed by atoms with van der Waals surface area (Å²) in [6.07, 6.45) is 9.74. The minimum atomic E-state index is -0.241. The van der Waals surface area contributed by atoms with E-state index in [-0.39, 0.29) is 5.56 Å². The average Bonchev–Trinajstić information content (AvgIpc) is 3.22. The molecule has 0 amide bonds. The number of fused-ring (bicyclic) bond motifs is 1. The molecule has 0 aliphatic carbocycles. The molecule has 174 valence electrons. The predicted molar refractivity (Wildman–Crippen MR) is 126 cm³/mol. The second-order valence-corrected chi connectivity index (χ2v) is 8.01. The molecule has 33 heavy (non-hydrogen) atoms. The summed E-state index contributed by atoms with van der Waals surface area (Å²) in [5.41, 5.74) is 2.79. The summed E-state index contributed by atoms with van der Waals surface area (Å²) in [6.45, 7) is 9.28. The molecule has 3 aromatic rings. The third-order valence-electron chi connectivity index (χ3n) is 5.74. The molecule has 9 heteroatoms. The molecular weight excluding hydrogens is 420 g/mol. The van der Waals surface area contributed by atoms with Gasteiger partial charge in [0.15, 0.2) is 5.52 Å². The molecule has 1 aliphatic heterocycles. The maximum absolute atomic E-state index is 13.2. The van der Waals surface area contributed by atoms with Gasteiger partial charge in [-0.05, 0) is 18.9 Å². The van der Waals surface area contributed by atoms with Crippen LogP contribution in [-0.2, 0) is 17.7 Å². The van der Waals surface area contributed by atoms with Gasteiger partial charge in [-0.1, -0.05) is 26.2 Å². The molecule has 0 saturated carbocycles. The van der Waals surface area contributed by atoms with Gasteiger partial charge < -0.3 is 14.5 Å². The molecule has 4 heterocycles. The van der Waals surface area contributed by atoms with Crippen molar-refractivity contribution in [2.75, 3.05) is 39.5 Å². The van der Waals surface area contributed by atoms with Crippen LogP contribution in [0.2, 0.25) is 0 Å². The fourth-order valence-corrected chi connectivity index (χ4v) is 3.87. The zero-order valence-corrected chi connectivity index (χ0v) is 19.3. The Morgan fingerprint density at radius 2 is 2.09 bits per heavy atom. The summed E-state index contributed by atoms with van der Waals surface area (Å²) in [5, 5.41) is 4.70. The zero-order valence-electron chi connectivity index (χ0n) is 19.3. The molecule has 0 bridgehead atoms. The van der Waals surface area contributed by atoms with Gasteiger partial charge in [0, 0.05) is 31.4 Å². The van der Waals surface area contributed by atoms with Crippen LogP contribution in [0.15, 0.2) is 17.1 Å². The Morgan fingerprint density at radius 3 is 2.82 bits per heavy atom. The lowest BCUT2D eigenvalue weighted by molar-refractivity contribution is 0.0361. The van der Waals surface area contributed by atoms with Gasteiger partial charge in [0.2, 0.25) is 5.88 Å². The van der Waals surface area contributed by atoms with Crippen LogP contribution in [0.25, 0.3) is 22.4 Å². The number of hydrogen-bond donors (Lipinski definition) is 1. The molecule has 1 saturated heterocycles. The van der Waals surface area contributed by atoms with Crippen molar-refractivity contribution in [3.63, 3.8) is 0 Å². The van der Waals surface area contributed by atoms with Crippen LogP contribution in [-0.4, -0.2) is 69.1 Å². The Kier molecular flexibility index (Phi) is 7.37. The van der Waals surface area contributed by atoms with Crippen molar-refractivity contribution in [2.45, 2.75) is 39.7 Å². The summed E-state index contributed by atoms with van der Waals surface area (Å²) < 4.78 is 13.1. The Labute approximate surface area is 193 Å². The zero-order chi connectivity index (χ0) is 23.2. The van der Waals surface area contributed by atoms with Crippen LogP contribution in [0.1, 0.15) is 37.9 Å². The van der Waals surface area contributed by atoms with E-state index in [0.717, 1.165) is 51.4 Å². The van der Waals surface area contributed by atoms with Gasteiger partial charge in [0.25, 0.3) is 5.56 Å². The number of rotatable bonds is 9. The highest BCUT2D eigenvalue weighted by molar-refractivity contribution is 5.79. The number of morpholine rings is 1. The van der Waals surface area contributed by atoms with E-state index in [0.29, 0.717) is 53.4 Å². The maximum atomic E-state index is 13.2. The molecule has 4 rings (SSSR count). The van der Waals surface area contributed by atoms with Gasteiger partial charge in [0.05, 0.1) is 37.6 Å². The van der Waals surface area contributed by atoms with Crippen LogP contribution in [0.3, 0.4) is 0 Å². The van der Waals surface area contributed by atoms with E-state index >= 15 is 0 Å². The number of ether oxygens (including phenoxy) is 2. The average molecular weight is 451 g/mol. The first-order chi connectivity index (χ1) is 16.1. The summed E-state index contributed by atoms with van der Waals surface area (Å²) >= 11 is 0. The maximum Gasteiger partial charge on any atom is 0.277 e. The SMILES string of the molecule is C#Cc1cnc(OCCCC)c(-c2nc3c(CC)nn(CCN4CCOCC4)c3c(=O)[nH]2)c1. The van der Waals surface area contributed by atoms with Crippen molar-refractivity contribution >= 4 is 11.0 Å². The fourth-order valence-electron chi connectivity index (χ4n) is 3.87. The van der Waals surface area contributed by atoms with Crippen molar-refractivity contribution in [2.24, 2.45) is 0 Å². The monoisotopic (exact) mass is 450 g/mol. The highest BCUT2D eigenvalue weighted by Gasteiger charge is 2.20. The molecule has 3 aromatic heterocycles. The summed E-state index contributed by atoms with van der Waals surface area (Å²) in [4.78, 5) is 27.6. The minimum Gasteiger partial charge on any atom is -0.477 e. The summed E-state index contributed by atoms with van der Waals surface area (Å²) in [6, 6.07) is 1.77. The number of unbranched alkanes of at least 4 members (excludes halogenated alkanes) is 1.